The van der Waals surface area contributed by atoms with Gasteiger partial charge in [0.05, 0.1) is 11.8 Å². The quantitative estimate of drug-likeness (QED) is 0.825. The van der Waals surface area contributed by atoms with Crippen LogP contribution in [0, 0.1) is 11.8 Å². The van der Waals surface area contributed by atoms with Gasteiger partial charge < -0.3 is 10.4 Å². The van der Waals surface area contributed by atoms with Crippen LogP contribution in [-0.2, 0) is 9.59 Å². The number of amides is 1. The highest BCUT2D eigenvalue weighted by Gasteiger charge is 2.35. The standard InChI is InChI=1S/C15H15Cl2NO3/c1-8-2-3-12(15(20)21)13(4-8)14(19)18-11-6-9(16)5-10(17)7-11/h2,5-7,12-13H,3-4H2,1H3,(H,18,19)(H,20,21)/t12-,13-/m0/s1. The predicted molar refractivity (Wildman–Crippen MR) is 82.7 cm³/mol. The van der Waals surface area contributed by atoms with E-state index in [9.17, 15) is 14.7 Å². The number of aliphatic carboxylic acids is 1. The van der Waals surface area contributed by atoms with Gasteiger partial charge in [-0.15, -0.1) is 0 Å². The summed E-state index contributed by atoms with van der Waals surface area (Å²) in [7, 11) is 0. The average Bonchev–Trinajstić information content (AvgIpc) is 2.36. The highest BCUT2D eigenvalue weighted by atomic mass is 35.5. The van der Waals surface area contributed by atoms with Gasteiger partial charge in [0.2, 0.25) is 5.91 Å². The van der Waals surface area contributed by atoms with E-state index in [0.29, 0.717) is 28.6 Å². The van der Waals surface area contributed by atoms with Crippen molar-refractivity contribution in [3.8, 4) is 0 Å². The fraction of sp³-hybridized carbons (Fsp3) is 0.333. The number of hydrogen-bond acceptors (Lipinski definition) is 2. The van der Waals surface area contributed by atoms with E-state index in [0.717, 1.165) is 5.57 Å². The molecule has 1 aliphatic carbocycles. The molecule has 112 valence electrons. The zero-order valence-corrected chi connectivity index (χ0v) is 12.9. The molecule has 0 saturated heterocycles. The molecule has 0 spiro atoms. The van der Waals surface area contributed by atoms with Crippen molar-refractivity contribution in [3.63, 3.8) is 0 Å². The van der Waals surface area contributed by atoms with E-state index in [1.54, 1.807) is 18.2 Å². The number of hydrogen-bond donors (Lipinski definition) is 2. The number of carbonyl (C=O) groups excluding carboxylic acids is 1. The van der Waals surface area contributed by atoms with Gasteiger partial charge in [-0.1, -0.05) is 34.9 Å². The van der Waals surface area contributed by atoms with E-state index in [1.807, 2.05) is 13.0 Å². The van der Waals surface area contributed by atoms with E-state index in [4.69, 9.17) is 23.2 Å². The molecule has 0 radical (unpaired) electrons. The van der Waals surface area contributed by atoms with Crippen LogP contribution in [0.25, 0.3) is 0 Å². The smallest absolute Gasteiger partial charge is 0.307 e. The van der Waals surface area contributed by atoms with Crippen molar-refractivity contribution in [1.82, 2.24) is 0 Å². The number of benzene rings is 1. The Morgan fingerprint density at radius 2 is 1.81 bits per heavy atom. The van der Waals surface area contributed by atoms with Crippen LogP contribution in [0.15, 0.2) is 29.8 Å². The second kappa shape index (κ2) is 6.50. The molecule has 1 amide bonds. The van der Waals surface area contributed by atoms with E-state index in [1.165, 1.54) is 0 Å². The molecule has 21 heavy (non-hydrogen) atoms. The topological polar surface area (TPSA) is 66.4 Å². The summed E-state index contributed by atoms with van der Waals surface area (Å²) in [6.45, 7) is 1.90. The van der Waals surface area contributed by atoms with Crippen molar-refractivity contribution in [1.29, 1.82) is 0 Å². The molecule has 2 N–H and O–H groups in total. The molecule has 0 bridgehead atoms. The van der Waals surface area contributed by atoms with Crippen molar-refractivity contribution < 1.29 is 14.7 Å². The first-order valence-corrected chi connectivity index (χ1v) is 7.28. The molecule has 2 rings (SSSR count). The Morgan fingerprint density at radius 3 is 2.38 bits per heavy atom. The molecule has 1 aromatic rings. The van der Waals surface area contributed by atoms with Gasteiger partial charge in [-0.25, -0.2) is 0 Å². The number of nitrogens with one attached hydrogen (secondary N) is 1. The van der Waals surface area contributed by atoms with Crippen molar-refractivity contribution in [2.75, 3.05) is 5.32 Å². The Kier molecular flexibility index (Phi) is 4.91. The fourth-order valence-corrected chi connectivity index (χ4v) is 3.00. The highest BCUT2D eigenvalue weighted by Crippen LogP contribution is 2.31. The molecular formula is C15H15Cl2NO3. The Labute approximate surface area is 132 Å². The molecule has 0 heterocycles. The Morgan fingerprint density at radius 1 is 1.19 bits per heavy atom. The highest BCUT2D eigenvalue weighted by molar-refractivity contribution is 6.35. The minimum atomic E-state index is -0.956. The number of anilines is 1. The SMILES string of the molecule is CC1=CC[C@H](C(=O)O)[C@@H](C(=O)Nc2cc(Cl)cc(Cl)c2)C1. The van der Waals surface area contributed by atoms with E-state index < -0.39 is 17.8 Å². The van der Waals surface area contributed by atoms with Gasteiger partial charge in [0.1, 0.15) is 0 Å². The van der Waals surface area contributed by atoms with Crippen LogP contribution < -0.4 is 5.32 Å². The van der Waals surface area contributed by atoms with Crippen LogP contribution in [0.2, 0.25) is 10.0 Å². The molecule has 0 unspecified atom stereocenters. The zero-order valence-electron chi connectivity index (χ0n) is 11.4. The number of carboxylic acid groups (broad SMARTS) is 1. The monoisotopic (exact) mass is 327 g/mol. The first-order chi connectivity index (χ1) is 9.86. The van der Waals surface area contributed by atoms with Crippen LogP contribution in [-0.4, -0.2) is 17.0 Å². The van der Waals surface area contributed by atoms with Crippen LogP contribution in [0.4, 0.5) is 5.69 Å². The third-order valence-corrected chi connectivity index (χ3v) is 3.97. The summed E-state index contributed by atoms with van der Waals surface area (Å²) in [5.41, 5.74) is 1.49. The van der Waals surface area contributed by atoms with Crippen molar-refractivity contribution >= 4 is 40.8 Å². The number of allylic oxidation sites excluding steroid dienone is 2. The molecule has 1 aliphatic rings. The van der Waals surface area contributed by atoms with Crippen molar-refractivity contribution in [2.45, 2.75) is 19.8 Å². The minimum absolute atomic E-state index is 0.326. The fourth-order valence-electron chi connectivity index (χ4n) is 2.47. The third kappa shape index (κ3) is 3.99. The first kappa shape index (κ1) is 15.9. The lowest BCUT2D eigenvalue weighted by Crippen LogP contribution is -2.35. The van der Waals surface area contributed by atoms with Gasteiger partial charge in [0, 0.05) is 15.7 Å². The van der Waals surface area contributed by atoms with Gasteiger partial charge in [-0.3, -0.25) is 9.59 Å². The minimum Gasteiger partial charge on any atom is -0.481 e. The summed E-state index contributed by atoms with van der Waals surface area (Å²) >= 11 is 11.8. The maximum absolute atomic E-state index is 12.4. The lowest BCUT2D eigenvalue weighted by atomic mass is 9.79. The van der Waals surface area contributed by atoms with Crippen LogP contribution in [0.5, 0.6) is 0 Å². The Balaban J connectivity index is 2.18. The summed E-state index contributed by atoms with van der Waals surface area (Å²) in [6.07, 6.45) is 2.69. The largest absolute Gasteiger partial charge is 0.481 e. The molecule has 0 aromatic heterocycles. The third-order valence-electron chi connectivity index (χ3n) is 3.53. The normalized spacial score (nSPS) is 21.6. The summed E-state index contributed by atoms with van der Waals surface area (Å²) in [6, 6.07) is 4.71. The van der Waals surface area contributed by atoms with E-state index in [2.05, 4.69) is 5.32 Å². The second-order valence-corrected chi connectivity index (χ2v) is 6.06. The maximum atomic E-state index is 12.4. The average molecular weight is 328 g/mol. The summed E-state index contributed by atoms with van der Waals surface area (Å²) in [5, 5.41) is 12.8. The maximum Gasteiger partial charge on any atom is 0.307 e. The lowest BCUT2D eigenvalue weighted by molar-refractivity contribution is -0.146. The van der Waals surface area contributed by atoms with Crippen LogP contribution >= 0.6 is 23.2 Å². The van der Waals surface area contributed by atoms with Gasteiger partial charge in [-0.05, 0) is 38.0 Å². The van der Waals surface area contributed by atoms with Gasteiger partial charge in [0.25, 0.3) is 0 Å². The van der Waals surface area contributed by atoms with E-state index >= 15 is 0 Å². The van der Waals surface area contributed by atoms with Gasteiger partial charge in [-0.2, -0.15) is 0 Å². The molecule has 1 aromatic carbocycles. The predicted octanol–water partition coefficient (Wildman–Crippen LogP) is 3.99. The Bertz CT molecular complexity index is 593. The van der Waals surface area contributed by atoms with Gasteiger partial charge in [0.15, 0.2) is 0 Å². The second-order valence-electron chi connectivity index (χ2n) is 5.19. The number of carbonyl (C=O) groups is 2. The molecule has 2 atom stereocenters. The first-order valence-electron chi connectivity index (χ1n) is 6.52. The summed E-state index contributed by atoms with van der Waals surface area (Å²) < 4.78 is 0. The Hall–Kier alpha value is -1.52. The van der Waals surface area contributed by atoms with Crippen LogP contribution in [0.3, 0.4) is 0 Å². The lowest BCUT2D eigenvalue weighted by Gasteiger charge is -2.26. The molecule has 0 saturated carbocycles. The number of carboxylic acids is 1. The molecule has 0 aliphatic heterocycles. The number of halogens is 2. The molecule has 6 heteroatoms. The number of rotatable bonds is 3. The zero-order chi connectivity index (χ0) is 15.6. The molecule has 4 nitrogen and oxygen atoms in total. The van der Waals surface area contributed by atoms with E-state index in [-0.39, 0.29) is 5.91 Å². The van der Waals surface area contributed by atoms with Crippen molar-refractivity contribution in [3.05, 3.63) is 39.9 Å². The van der Waals surface area contributed by atoms with Gasteiger partial charge >= 0.3 is 5.97 Å². The summed E-state index contributed by atoms with van der Waals surface area (Å²) in [4.78, 5) is 23.6. The molecule has 0 fully saturated rings. The molecular weight excluding hydrogens is 313 g/mol. The van der Waals surface area contributed by atoms with Crippen LogP contribution in [0.1, 0.15) is 19.8 Å². The van der Waals surface area contributed by atoms with Crippen molar-refractivity contribution in [2.24, 2.45) is 11.8 Å². The summed E-state index contributed by atoms with van der Waals surface area (Å²) in [5.74, 6) is -2.58.